The first-order valence-electron chi connectivity index (χ1n) is 8.74. The molecule has 1 aromatic heterocycles. The maximum absolute atomic E-state index is 12.6. The summed E-state index contributed by atoms with van der Waals surface area (Å²) in [4.78, 5) is 42.0. The van der Waals surface area contributed by atoms with Crippen LogP contribution in [0.3, 0.4) is 0 Å². The molecule has 8 heteroatoms. The van der Waals surface area contributed by atoms with Crippen molar-refractivity contribution in [2.45, 2.75) is 0 Å². The molecule has 8 nitrogen and oxygen atoms in total. The van der Waals surface area contributed by atoms with Crippen LogP contribution in [0.25, 0.3) is 0 Å². The maximum atomic E-state index is 12.6. The number of nitrogens with zero attached hydrogens (tertiary/aromatic N) is 4. The zero-order valence-electron chi connectivity index (χ0n) is 14.6. The lowest BCUT2D eigenvalue weighted by atomic mass is 10.1. The summed E-state index contributed by atoms with van der Waals surface area (Å²) < 4.78 is 1.05. The fourth-order valence-corrected chi connectivity index (χ4v) is 3.48. The first kappa shape index (κ1) is 17.0. The average Bonchev–Trinajstić information content (AvgIpc) is 2.94. The van der Waals surface area contributed by atoms with Crippen molar-refractivity contribution in [2.75, 3.05) is 37.6 Å². The predicted octanol–water partition coefficient (Wildman–Crippen LogP) is 0.156. The molecule has 4 rings (SSSR count). The molecule has 2 aliphatic rings. The summed E-state index contributed by atoms with van der Waals surface area (Å²) in [6, 6.07) is 12.0. The Balaban J connectivity index is 1.39. The molecule has 0 aliphatic carbocycles. The van der Waals surface area contributed by atoms with Crippen LogP contribution in [0, 0.1) is 0 Å². The molecule has 3 heterocycles. The van der Waals surface area contributed by atoms with Gasteiger partial charge in [-0.05, 0) is 18.2 Å². The van der Waals surface area contributed by atoms with Gasteiger partial charge in [-0.25, -0.2) is 0 Å². The second-order valence-electron chi connectivity index (χ2n) is 6.51. The first-order chi connectivity index (χ1) is 13.1. The zero-order chi connectivity index (χ0) is 19.0. The van der Waals surface area contributed by atoms with E-state index in [1.807, 2.05) is 11.0 Å². The number of piperazine rings is 1. The van der Waals surface area contributed by atoms with Crippen molar-refractivity contribution >= 4 is 23.5 Å². The summed E-state index contributed by atoms with van der Waals surface area (Å²) in [5.41, 5.74) is 0.688. The van der Waals surface area contributed by atoms with Crippen molar-refractivity contribution in [1.29, 1.82) is 0 Å². The Kier molecular flexibility index (Phi) is 4.23. The summed E-state index contributed by atoms with van der Waals surface area (Å²) in [6.07, 6.45) is 1.55. The van der Waals surface area contributed by atoms with E-state index < -0.39 is 11.8 Å². The minimum Gasteiger partial charge on any atom is -0.350 e. The molecule has 2 aromatic rings. The number of aromatic nitrogens is 1. The number of carbonyl (C=O) groups is 3. The number of hydrogen-bond donors (Lipinski definition) is 1. The largest absolute Gasteiger partial charge is 0.350 e. The molecule has 0 unspecified atom stereocenters. The Hall–Kier alpha value is -3.42. The van der Waals surface area contributed by atoms with E-state index >= 15 is 0 Å². The molecule has 0 atom stereocenters. The van der Waals surface area contributed by atoms with Crippen LogP contribution in [-0.2, 0) is 4.79 Å². The Morgan fingerprint density at radius 2 is 1.52 bits per heavy atom. The normalized spacial score (nSPS) is 16.7. The van der Waals surface area contributed by atoms with E-state index in [0.717, 1.165) is 9.63 Å². The van der Waals surface area contributed by atoms with Crippen molar-refractivity contribution in [3.05, 3.63) is 59.8 Å². The number of fused-ring (bicyclic) bond motifs is 1. The molecule has 1 saturated heterocycles. The lowest BCUT2D eigenvalue weighted by Crippen LogP contribution is -2.54. The number of amides is 3. The molecular weight excluding hydrogens is 348 g/mol. The van der Waals surface area contributed by atoms with Crippen molar-refractivity contribution < 1.29 is 24.3 Å². The highest BCUT2D eigenvalue weighted by Crippen LogP contribution is 2.22. The first-order valence-corrected chi connectivity index (χ1v) is 8.74. The zero-order valence-corrected chi connectivity index (χ0v) is 14.6. The van der Waals surface area contributed by atoms with Gasteiger partial charge in [0.15, 0.2) is 0 Å². The number of hydrogen-bond acceptors (Lipinski definition) is 5. The third-order valence-electron chi connectivity index (χ3n) is 4.95. The average molecular weight is 367 g/mol. The topological polar surface area (TPSA) is 85.0 Å². The van der Waals surface area contributed by atoms with Gasteiger partial charge in [0.25, 0.3) is 11.8 Å². The highest BCUT2D eigenvalue weighted by Gasteiger charge is 2.37. The Labute approximate surface area is 155 Å². The Bertz CT molecular complexity index is 886. The van der Waals surface area contributed by atoms with Crippen LogP contribution in [0.15, 0.2) is 48.7 Å². The van der Waals surface area contributed by atoms with E-state index in [1.54, 1.807) is 47.5 Å². The van der Waals surface area contributed by atoms with Gasteiger partial charge < -0.3 is 10.1 Å². The molecule has 1 fully saturated rings. The summed E-state index contributed by atoms with van der Waals surface area (Å²) in [6.45, 7) is 1.77. The quantitative estimate of drug-likeness (QED) is 0.474. The lowest BCUT2D eigenvalue weighted by Gasteiger charge is -2.31. The molecule has 0 spiro atoms. The fourth-order valence-electron chi connectivity index (χ4n) is 3.48. The minimum absolute atomic E-state index is 0.252. The Morgan fingerprint density at radius 1 is 0.926 bits per heavy atom. The number of pyridine rings is 1. The van der Waals surface area contributed by atoms with Gasteiger partial charge in [-0.3, -0.25) is 24.2 Å². The van der Waals surface area contributed by atoms with Crippen LogP contribution in [0.1, 0.15) is 20.7 Å². The van der Waals surface area contributed by atoms with Crippen LogP contribution in [0.4, 0.5) is 5.82 Å². The third-order valence-corrected chi connectivity index (χ3v) is 4.95. The fraction of sp³-hybridized carbons (Fsp3) is 0.263. The second kappa shape index (κ2) is 6.71. The molecule has 0 radical (unpaired) electrons. The van der Waals surface area contributed by atoms with E-state index in [2.05, 4.69) is 0 Å². The van der Waals surface area contributed by atoms with E-state index in [0.29, 0.717) is 43.1 Å². The van der Waals surface area contributed by atoms with Crippen molar-refractivity contribution in [1.82, 2.24) is 9.80 Å². The van der Waals surface area contributed by atoms with Gasteiger partial charge in [0.2, 0.25) is 5.91 Å². The van der Waals surface area contributed by atoms with E-state index in [1.165, 1.54) is 0 Å². The summed E-state index contributed by atoms with van der Waals surface area (Å²) >= 11 is 0. The van der Waals surface area contributed by atoms with Gasteiger partial charge in [0.1, 0.15) is 25.8 Å². The highest BCUT2D eigenvalue weighted by molar-refractivity contribution is 6.22. The monoisotopic (exact) mass is 367 g/mol. The molecule has 27 heavy (non-hydrogen) atoms. The molecule has 0 saturated carbocycles. The SMILES string of the molecule is O=C(CN1C(=O)c2ccccc2C1=O)N1CCN(c2cccc[n+]2O)CC1. The van der Waals surface area contributed by atoms with Gasteiger partial charge in [0, 0.05) is 6.07 Å². The second-order valence-corrected chi connectivity index (χ2v) is 6.51. The highest BCUT2D eigenvalue weighted by atomic mass is 16.5. The molecule has 3 amide bonds. The Morgan fingerprint density at radius 3 is 2.11 bits per heavy atom. The van der Waals surface area contributed by atoms with Crippen LogP contribution >= 0.6 is 0 Å². The molecule has 1 N–H and O–H groups in total. The summed E-state index contributed by atoms with van der Waals surface area (Å²) in [5, 5.41) is 9.88. The molecule has 138 valence electrons. The van der Waals surface area contributed by atoms with E-state index in [-0.39, 0.29) is 12.5 Å². The third kappa shape index (κ3) is 2.99. The molecular formula is C19H19N4O4+. The van der Waals surface area contributed by atoms with Gasteiger partial charge in [-0.2, -0.15) is 0 Å². The molecule has 1 aromatic carbocycles. The van der Waals surface area contributed by atoms with Crippen LogP contribution < -0.4 is 9.63 Å². The van der Waals surface area contributed by atoms with Crippen LogP contribution in [0.2, 0.25) is 0 Å². The van der Waals surface area contributed by atoms with Gasteiger partial charge in [-0.15, -0.1) is 0 Å². The number of imide groups is 1. The number of rotatable bonds is 3. The van der Waals surface area contributed by atoms with Crippen LogP contribution in [-0.4, -0.2) is 65.5 Å². The lowest BCUT2D eigenvalue weighted by molar-refractivity contribution is -0.894. The van der Waals surface area contributed by atoms with Gasteiger partial charge in [0.05, 0.1) is 24.2 Å². The predicted molar refractivity (Wildman–Crippen MR) is 94.4 cm³/mol. The molecule has 2 aliphatic heterocycles. The van der Waals surface area contributed by atoms with Crippen molar-refractivity contribution in [3.8, 4) is 0 Å². The summed E-state index contributed by atoms with van der Waals surface area (Å²) in [5.74, 6) is -0.444. The van der Waals surface area contributed by atoms with Gasteiger partial charge in [-0.1, -0.05) is 22.9 Å². The van der Waals surface area contributed by atoms with E-state index in [4.69, 9.17) is 0 Å². The number of anilines is 1. The minimum atomic E-state index is -0.423. The standard InChI is InChI=1S/C19H19N4O4/c24-17(13-22-18(25)14-5-1-2-6-15(14)19(22)26)21-11-9-20(10-12-21)16-7-3-4-8-23(16)27/h1-8,27H,9-13H2/q+1. The smallest absolute Gasteiger partial charge is 0.316 e. The van der Waals surface area contributed by atoms with Crippen molar-refractivity contribution in [3.63, 3.8) is 0 Å². The molecule has 0 bridgehead atoms. The van der Waals surface area contributed by atoms with Gasteiger partial charge >= 0.3 is 5.82 Å². The number of carbonyl (C=O) groups excluding carboxylic acids is 3. The maximum Gasteiger partial charge on any atom is 0.316 e. The number of benzene rings is 1. The van der Waals surface area contributed by atoms with E-state index in [9.17, 15) is 19.6 Å². The van der Waals surface area contributed by atoms with Crippen LogP contribution in [0.5, 0.6) is 0 Å². The van der Waals surface area contributed by atoms with Crippen molar-refractivity contribution in [2.24, 2.45) is 0 Å². The summed E-state index contributed by atoms with van der Waals surface area (Å²) in [7, 11) is 0.